The first-order valence-corrected chi connectivity index (χ1v) is 9.56. The van der Waals surface area contributed by atoms with Crippen molar-refractivity contribution in [2.24, 2.45) is 5.73 Å². The summed E-state index contributed by atoms with van der Waals surface area (Å²) >= 11 is 1.56. The highest BCUT2D eigenvalue weighted by Crippen LogP contribution is 2.47. The Bertz CT molecular complexity index is 1080. The number of allylic oxidation sites excluding steroid dienone is 1. The number of hydrogen-bond acceptors (Lipinski definition) is 7. The highest BCUT2D eigenvalue weighted by Gasteiger charge is 2.36. The minimum atomic E-state index is -0.347. The number of hydrogen-bond donors (Lipinski definition) is 2. The molecule has 0 unspecified atom stereocenters. The number of benzene rings is 1. The molecule has 1 aliphatic rings. The SMILES string of the molecule is CCOc1ccc(-c2[nH]nc3c2[C@H](c2cccs2)C(C#N)=C(N)O3)cc1OC. The average Bonchev–Trinajstić information content (AvgIpc) is 3.37. The molecule has 7 nitrogen and oxygen atoms in total. The van der Waals surface area contributed by atoms with Gasteiger partial charge in [-0.1, -0.05) is 6.07 Å². The maximum Gasteiger partial charge on any atom is 0.244 e. The Balaban J connectivity index is 1.88. The molecule has 3 heterocycles. The zero-order chi connectivity index (χ0) is 19.7. The number of ether oxygens (including phenoxy) is 3. The van der Waals surface area contributed by atoms with Crippen LogP contribution in [0.2, 0.25) is 0 Å². The Morgan fingerprint density at radius 3 is 2.89 bits per heavy atom. The molecule has 3 aromatic rings. The highest BCUT2D eigenvalue weighted by atomic mass is 32.1. The smallest absolute Gasteiger partial charge is 0.244 e. The number of thiophene rings is 1. The molecular formula is C20H18N4O3S. The zero-order valence-electron chi connectivity index (χ0n) is 15.4. The lowest BCUT2D eigenvalue weighted by Crippen LogP contribution is -2.20. The van der Waals surface area contributed by atoms with Crippen molar-refractivity contribution in [3.8, 4) is 34.7 Å². The number of rotatable bonds is 5. The number of nitrogens with two attached hydrogens (primary N) is 1. The van der Waals surface area contributed by atoms with Gasteiger partial charge in [0.1, 0.15) is 11.6 Å². The lowest BCUT2D eigenvalue weighted by Gasteiger charge is -2.23. The van der Waals surface area contributed by atoms with E-state index >= 15 is 0 Å². The summed E-state index contributed by atoms with van der Waals surface area (Å²) in [6.45, 7) is 2.46. The maximum atomic E-state index is 9.70. The van der Waals surface area contributed by atoms with Gasteiger partial charge < -0.3 is 19.9 Å². The largest absolute Gasteiger partial charge is 0.493 e. The minimum Gasteiger partial charge on any atom is -0.493 e. The van der Waals surface area contributed by atoms with Crippen LogP contribution in [0.25, 0.3) is 11.3 Å². The second kappa shape index (κ2) is 7.29. The second-order valence-corrected chi connectivity index (χ2v) is 7.04. The third-order valence-corrected chi connectivity index (χ3v) is 5.46. The molecule has 0 amide bonds. The molecule has 0 fully saturated rings. The summed E-state index contributed by atoms with van der Waals surface area (Å²) in [5, 5.41) is 19.0. The Labute approximate surface area is 166 Å². The number of H-pyrrole nitrogens is 1. The minimum absolute atomic E-state index is 0.0794. The van der Waals surface area contributed by atoms with Crippen LogP contribution < -0.4 is 19.9 Å². The van der Waals surface area contributed by atoms with Crippen LogP contribution in [0.15, 0.2) is 47.2 Å². The summed E-state index contributed by atoms with van der Waals surface area (Å²) in [5.41, 5.74) is 8.73. The number of methoxy groups -OCH3 is 1. The molecule has 28 heavy (non-hydrogen) atoms. The molecule has 0 bridgehead atoms. The van der Waals surface area contributed by atoms with E-state index in [0.717, 1.165) is 21.7 Å². The van der Waals surface area contributed by atoms with E-state index in [1.165, 1.54) is 0 Å². The van der Waals surface area contributed by atoms with Gasteiger partial charge in [-0.3, -0.25) is 5.10 Å². The molecule has 0 saturated carbocycles. The van der Waals surface area contributed by atoms with E-state index in [9.17, 15) is 5.26 Å². The van der Waals surface area contributed by atoms with Crippen molar-refractivity contribution in [2.45, 2.75) is 12.8 Å². The molecule has 0 saturated heterocycles. The van der Waals surface area contributed by atoms with Gasteiger partial charge in [-0.05, 0) is 36.6 Å². The van der Waals surface area contributed by atoms with Gasteiger partial charge >= 0.3 is 0 Å². The van der Waals surface area contributed by atoms with E-state index < -0.39 is 0 Å². The second-order valence-electron chi connectivity index (χ2n) is 6.06. The summed E-state index contributed by atoms with van der Waals surface area (Å²) in [7, 11) is 1.60. The monoisotopic (exact) mass is 394 g/mol. The molecule has 4 rings (SSSR count). The van der Waals surface area contributed by atoms with Gasteiger partial charge in [0.25, 0.3) is 0 Å². The predicted molar refractivity (Wildman–Crippen MR) is 105 cm³/mol. The molecular weight excluding hydrogens is 376 g/mol. The molecule has 2 aromatic heterocycles. The molecule has 0 radical (unpaired) electrons. The van der Waals surface area contributed by atoms with Crippen LogP contribution in [0.1, 0.15) is 23.3 Å². The first-order chi connectivity index (χ1) is 13.7. The van der Waals surface area contributed by atoms with Gasteiger partial charge in [-0.2, -0.15) is 5.26 Å². The summed E-state index contributed by atoms with van der Waals surface area (Å²) in [4.78, 5) is 0.990. The van der Waals surface area contributed by atoms with Crippen LogP contribution in [-0.4, -0.2) is 23.9 Å². The fraction of sp³-hybridized carbons (Fsp3) is 0.200. The number of nitrogens with one attached hydrogen (secondary N) is 1. The standard InChI is InChI=1S/C20H18N4O3S/c1-3-26-13-7-6-11(9-14(13)25-2)18-17-16(15-5-4-8-28-15)12(10-21)19(22)27-20(17)24-23-18/h4-9,16H,3,22H2,1-2H3,(H,23,24)/t16-/m0/s1. The van der Waals surface area contributed by atoms with Crippen molar-refractivity contribution in [1.29, 1.82) is 5.26 Å². The van der Waals surface area contributed by atoms with E-state index in [1.807, 2.05) is 42.6 Å². The molecule has 0 aliphatic carbocycles. The Morgan fingerprint density at radius 2 is 2.21 bits per heavy atom. The quantitative estimate of drug-likeness (QED) is 0.682. The molecule has 142 valence electrons. The van der Waals surface area contributed by atoms with Crippen molar-refractivity contribution in [2.75, 3.05) is 13.7 Å². The number of aromatic amines is 1. The van der Waals surface area contributed by atoms with Crippen LogP contribution in [-0.2, 0) is 0 Å². The first-order valence-electron chi connectivity index (χ1n) is 8.68. The normalized spacial score (nSPS) is 15.5. The average molecular weight is 394 g/mol. The Morgan fingerprint density at radius 1 is 1.36 bits per heavy atom. The van der Waals surface area contributed by atoms with Gasteiger partial charge in [0.15, 0.2) is 11.5 Å². The third-order valence-electron chi connectivity index (χ3n) is 4.52. The summed E-state index contributed by atoms with van der Waals surface area (Å²) in [6.07, 6.45) is 0. The maximum absolute atomic E-state index is 9.70. The summed E-state index contributed by atoms with van der Waals surface area (Å²) in [5.74, 6) is 1.38. The Hall–Kier alpha value is -3.44. The summed E-state index contributed by atoms with van der Waals surface area (Å²) < 4.78 is 16.7. The number of aromatic nitrogens is 2. The summed E-state index contributed by atoms with van der Waals surface area (Å²) in [6, 6.07) is 11.8. The van der Waals surface area contributed by atoms with Crippen molar-refractivity contribution < 1.29 is 14.2 Å². The highest BCUT2D eigenvalue weighted by molar-refractivity contribution is 7.10. The fourth-order valence-corrected chi connectivity index (χ4v) is 4.15. The molecule has 8 heteroatoms. The van der Waals surface area contributed by atoms with Crippen molar-refractivity contribution in [1.82, 2.24) is 10.2 Å². The van der Waals surface area contributed by atoms with Crippen molar-refractivity contribution >= 4 is 11.3 Å². The fourth-order valence-electron chi connectivity index (χ4n) is 3.30. The number of fused-ring (bicyclic) bond motifs is 1. The van der Waals surface area contributed by atoms with E-state index in [4.69, 9.17) is 19.9 Å². The molecule has 3 N–H and O–H groups in total. The third kappa shape index (κ3) is 2.86. The first kappa shape index (κ1) is 17.9. The molecule has 0 spiro atoms. The zero-order valence-corrected chi connectivity index (χ0v) is 16.2. The van der Waals surface area contributed by atoms with Crippen LogP contribution in [0.5, 0.6) is 17.4 Å². The number of nitriles is 1. The molecule has 1 aliphatic heterocycles. The van der Waals surface area contributed by atoms with E-state index in [0.29, 0.717) is 29.6 Å². The Kier molecular flexibility index (Phi) is 4.67. The predicted octanol–water partition coefficient (Wildman–Crippen LogP) is 3.76. The number of nitrogens with zero attached hydrogens (tertiary/aromatic N) is 2. The van der Waals surface area contributed by atoms with Gasteiger partial charge in [0.05, 0.1) is 30.9 Å². The van der Waals surface area contributed by atoms with Gasteiger partial charge in [0, 0.05) is 10.4 Å². The van der Waals surface area contributed by atoms with Crippen molar-refractivity contribution in [3.05, 3.63) is 57.6 Å². The van der Waals surface area contributed by atoms with E-state index in [1.54, 1.807) is 18.4 Å². The van der Waals surface area contributed by atoms with Crippen LogP contribution in [0, 0.1) is 11.3 Å². The lowest BCUT2D eigenvalue weighted by atomic mass is 9.87. The van der Waals surface area contributed by atoms with E-state index in [2.05, 4.69) is 16.3 Å². The van der Waals surface area contributed by atoms with E-state index in [-0.39, 0.29) is 11.8 Å². The topological polar surface area (TPSA) is 106 Å². The van der Waals surface area contributed by atoms with Gasteiger partial charge in [-0.15, -0.1) is 16.4 Å². The van der Waals surface area contributed by atoms with Crippen LogP contribution >= 0.6 is 11.3 Å². The van der Waals surface area contributed by atoms with Gasteiger partial charge in [0.2, 0.25) is 11.8 Å². The molecule has 1 aromatic carbocycles. The van der Waals surface area contributed by atoms with Crippen LogP contribution in [0.4, 0.5) is 0 Å². The molecule has 1 atom stereocenters. The van der Waals surface area contributed by atoms with Crippen LogP contribution in [0.3, 0.4) is 0 Å². The lowest BCUT2D eigenvalue weighted by molar-refractivity contribution is 0.311. The van der Waals surface area contributed by atoms with Crippen molar-refractivity contribution in [3.63, 3.8) is 0 Å². The van der Waals surface area contributed by atoms with Gasteiger partial charge in [-0.25, -0.2) is 0 Å².